The summed E-state index contributed by atoms with van der Waals surface area (Å²) in [5, 5.41) is 14.8. The number of fused-ring (bicyclic) bond motifs is 1. The highest BCUT2D eigenvalue weighted by molar-refractivity contribution is 7.12. The number of aryl methyl sites for hydroxylation is 1. The first-order chi connectivity index (χ1) is 21.0. The minimum atomic E-state index is -0.206. The Morgan fingerprint density at radius 2 is 1.79 bits per heavy atom. The molecule has 0 bridgehead atoms. The number of likely N-dealkylation sites (tertiary alicyclic amines) is 1. The molecular weight excluding hydrogens is 562 g/mol. The third-order valence-corrected chi connectivity index (χ3v) is 8.51. The second-order valence-electron chi connectivity index (χ2n) is 10.8. The standard InChI is InChI=1S/C30H31N11OS/c1-38-13-8-23(9-14-38)35-21-3-5-22(6-4-21)36-29-33-18-20-17-25(27-31-11-15-39(27)2)28(42)40(26(20)37-29)19-24-7-10-34-41(24)30-32-12-16-43-30/h3-7,10-12,15-18,23,35H,8-9,13-14,19H2,1-2H3,(H,33,36,37). The molecule has 12 nitrogen and oxygen atoms in total. The highest BCUT2D eigenvalue weighted by Gasteiger charge is 2.19. The molecule has 6 aromatic rings. The van der Waals surface area contributed by atoms with Gasteiger partial charge in [0.05, 0.1) is 17.8 Å². The van der Waals surface area contributed by atoms with Crippen molar-refractivity contribution in [3.8, 4) is 16.5 Å². The number of nitrogens with one attached hydrogen (secondary N) is 2. The third kappa shape index (κ3) is 5.51. The van der Waals surface area contributed by atoms with Crippen LogP contribution in [0, 0.1) is 0 Å². The van der Waals surface area contributed by atoms with Crippen molar-refractivity contribution < 1.29 is 0 Å². The summed E-state index contributed by atoms with van der Waals surface area (Å²) in [5.41, 5.74) is 3.52. The van der Waals surface area contributed by atoms with Crippen molar-refractivity contribution in [2.24, 2.45) is 7.05 Å². The zero-order chi connectivity index (χ0) is 29.3. The highest BCUT2D eigenvalue weighted by Crippen LogP contribution is 2.24. The van der Waals surface area contributed by atoms with Crippen molar-refractivity contribution in [1.82, 2.24) is 43.8 Å². The van der Waals surface area contributed by atoms with Gasteiger partial charge in [-0.15, -0.1) is 11.3 Å². The van der Waals surface area contributed by atoms with Crippen LogP contribution >= 0.6 is 11.3 Å². The molecule has 13 heteroatoms. The summed E-state index contributed by atoms with van der Waals surface area (Å²) >= 11 is 1.48. The number of hydrogen-bond donors (Lipinski definition) is 2. The lowest BCUT2D eigenvalue weighted by molar-refractivity contribution is 0.264. The molecule has 0 atom stereocenters. The Labute approximate surface area is 251 Å². The van der Waals surface area contributed by atoms with Crippen molar-refractivity contribution >= 4 is 39.7 Å². The predicted molar refractivity (Wildman–Crippen MR) is 168 cm³/mol. The Balaban J connectivity index is 1.22. The van der Waals surface area contributed by atoms with E-state index in [0.29, 0.717) is 29.0 Å². The lowest BCUT2D eigenvalue weighted by Crippen LogP contribution is -2.36. The van der Waals surface area contributed by atoms with Gasteiger partial charge < -0.3 is 20.1 Å². The number of rotatable bonds is 8. The number of piperidine rings is 1. The average molecular weight is 594 g/mol. The van der Waals surface area contributed by atoms with Crippen LogP contribution in [-0.2, 0) is 13.6 Å². The maximum absolute atomic E-state index is 14.0. The Bertz CT molecular complexity index is 1920. The maximum Gasteiger partial charge on any atom is 0.263 e. The van der Waals surface area contributed by atoms with Crippen molar-refractivity contribution in [1.29, 1.82) is 0 Å². The highest BCUT2D eigenvalue weighted by atomic mass is 32.1. The quantitative estimate of drug-likeness (QED) is 0.268. The van der Waals surface area contributed by atoms with E-state index in [9.17, 15) is 4.79 Å². The van der Waals surface area contributed by atoms with E-state index >= 15 is 0 Å². The second-order valence-corrected chi connectivity index (χ2v) is 11.6. The minimum absolute atomic E-state index is 0.206. The number of imidazole rings is 1. The average Bonchev–Trinajstić information content (AvgIpc) is 3.79. The lowest BCUT2D eigenvalue weighted by atomic mass is 10.1. The Kier molecular flexibility index (Phi) is 7.17. The Morgan fingerprint density at radius 1 is 0.977 bits per heavy atom. The van der Waals surface area contributed by atoms with E-state index < -0.39 is 0 Å². The van der Waals surface area contributed by atoms with Crippen LogP contribution in [0.2, 0.25) is 0 Å². The number of pyridine rings is 1. The number of benzene rings is 1. The first-order valence-electron chi connectivity index (χ1n) is 14.1. The smallest absolute Gasteiger partial charge is 0.263 e. The summed E-state index contributed by atoms with van der Waals surface area (Å²) in [6.45, 7) is 2.46. The largest absolute Gasteiger partial charge is 0.382 e. The van der Waals surface area contributed by atoms with Crippen LogP contribution in [0.1, 0.15) is 18.5 Å². The van der Waals surface area contributed by atoms with Gasteiger partial charge in [0.15, 0.2) is 0 Å². The van der Waals surface area contributed by atoms with E-state index in [-0.39, 0.29) is 12.1 Å². The summed E-state index contributed by atoms with van der Waals surface area (Å²) < 4.78 is 5.23. The summed E-state index contributed by atoms with van der Waals surface area (Å²) in [6.07, 6.45) is 10.9. The van der Waals surface area contributed by atoms with E-state index in [1.54, 1.807) is 34.0 Å². The van der Waals surface area contributed by atoms with Gasteiger partial charge in [-0.1, -0.05) is 0 Å². The van der Waals surface area contributed by atoms with E-state index in [1.807, 2.05) is 47.5 Å². The zero-order valence-corrected chi connectivity index (χ0v) is 24.7. The molecular formula is C30H31N11OS. The van der Waals surface area contributed by atoms with Crippen LogP contribution in [0.3, 0.4) is 0 Å². The molecule has 0 radical (unpaired) electrons. The fraction of sp³-hybridized carbons (Fsp3) is 0.267. The van der Waals surface area contributed by atoms with Crippen molar-refractivity contribution in [3.63, 3.8) is 0 Å². The SMILES string of the molecule is CN1CCC(Nc2ccc(Nc3ncc4cc(-c5nccn5C)c(=O)n(Cc5ccnn5-c5nccs5)c4n3)cc2)CC1. The maximum atomic E-state index is 14.0. The first-order valence-corrected chi connectivity index (χ1v) is 15.0. The van der Waals surface area contributed by atoms with Gasteiger partial charge in [-0.25, -0.2) is 19.6 Å². The molecule has 7 rings (SSSR count). The third-order valence-electron chi connectivity index (χ3n) is 7.76. The minimum Gasteiger partial charge on any atom is -0.382 e. The normalized spacial score (nSPS) is 14.4. The Morgan fingerprint density at radius 3 is 2.53 bits per heavy atom. The van der Waals surface area contributed by atoms with E-state index in [4.69, 9.17) is 4.98 Å². The van der Waals surface area contributed by atoms with Gasteiger partial charge >= 0.3 is 0 Å². The molecule has 1 aliphatic heterocycles. The molecule has 0 unspecified atom stereocenters. The van der Waals surface area contributed by atoms with E-state index in [0.717, 1.165) is 53.5 Å². The fourth-order valence-corrected chi connectivity index (χ4v) is 6.05. The summed E-state index contributed by atoms with van der Waals surface area (Å²) in [4.78, 5) is 34.6. The molecule has 1 saturated heterocycles. The van der Waals surface area contributed by atoms with Crippen LogP contribution in [0.5, 0.6) is 0 Å². The number of thiazole rings is 1. The van der Waals surface area contributed by atoms with Crippen LogP contribution < -0.4 is 16.2 Å². The fourth-order valence-electron chi connectivity index (χ4n) is 5.42. The van der Waals surface area contributed by atoms with Gasteiger partial charge in [-0.05, 0) is 69.4 Å². The molecule has 2 N–H and O–H groups in total. The van der Waals surface area contributed by atoms with Crippen molar-refractivity contribution in [2.75, 3.05) is 30.8 Å². The molecule has 0 spiro atoms. The molecule has 43 heavy (non-hydrogen) atoms. The molecule has 0 amide bonds. The number of anilines is 3. The van der Waals surface area contributed by atoms with Crippen LogP contribution in [0.25, 0.3) is 27.6 Å². The zero-order valence-electron chi connectivity index (χ0n) is 23.9. The molecule has 1 aliphatic rings. The Hall–Kier alpha value is -4.88. The summed E-state index contributed by atoms with van der Waals surface area (Å²) in [6, 6.07) is 12.3. The molecule has 1 fully saturated rings. The lowest BCUT2D eigenvalue weighted by Gasteiger charge is -2.30. The number of hydrogen-bond acceptors (Lipinski definition) is 10. The number of aromatic nitrogens is 8. The van der Waals surface area contributed by atoms with Crippen LogP contribution in [0.15, 0.2) is 77.6 Å². The molecule has 0 aliphatic carbocycles. The summed E-state index contributed by atoms with van der Waals surface area (Å²) in [5.74, 6) is 0.972. The van der Waals surface area contributed by atoms with E-state index in [1.165, 1.54) is 11.3 Å². The molecule has 5 aromatic heterocycles. The first kappa shape index (κ1) is 27.0. The van der Waals surface area contributed by atoms with Crippen molar-refractivity contribution in [3.05, 3.63) is 88.8 Å². The number of nitrogens with zero attached hydrogens (tertiary/aromatic N) is 9. The molecule has 1 aromatic carbocycles. The second kappa shape index (κ2) is 11.4. The van der Waals surface area contributed by atoms with Gasteiger partial charge in [0.2, 0.25) is 11.1 Å². The van der Waals surface area contributed by atoms with Gasteiger partial charge in [0.1, 0.15) is 11.5 Å². The monoisotopic (exact) mass is 593 g/mol. The molecule has 6 heterocycles. The van der Waals surface area contributed by atoms with Crippen molar-refractivity contribution in [2.45, 2.75) is 25.4 Å². The van der Waals surface area contributed by atoms with Gasteiger partial charge in [-0.3, -0.25) is 9.36 Å². The van der Waals surface area contributed by atoms with Crippen LogP contribution in [-0.4, -0.2) is 69.9 Å². The van der Waals surface area contributed by atoms with Crippen LogP contribution in [0.4, 0.5) is 17.3 Å². The van der Waals surface area contributed by atoms with Gasteiger partial charge in [0.25, 0.3) is 5.56 Å². The predicted octanol–water partition coefficient (Wildman–Crippen LogP) is 4.13. The molecule has 218 valence electrons. The van der Waals surface area contributed by atoms with Gasteiger partial charge in [0, 0.05) is 66.2 Å². The topological polar surface area (TPSA) is 124 Å². The van der Waals surface area contributed by atoms with Gasteiger partial charge in [-0.2, -0.15) is 10.1 Å². The summed E-state index contributed by atoms with van der Waals surface area (Å²) in [7, 11) is 4.04. The molecule has 0 saturated carbocycles. The van der Waals surface area contributed by atoms with E-state index in [2.05, 4.69) is 54.8 Å².